The van der Waals surface area contributed by atoms with Crippen molar-refractivity contribution < 1.29 is 36.0 Å². The largest absolute Gasteiger partial charge is 0.416 e. The highest BCUT2D eigenvalue weighted by atomic mass is 32.2. The molecule has 1 fully saturated rings. The van der Waals surface area contributed by atoms with Gasteiger partial charge in [-0.3, -0.25) is 19.3 Å². The van der Waals surface area contributed by atoms with Crippen LogP contribution in [0.2, 0.25) is 0 Å². The minimum atomic E-state index is -4.70. The molecule has 0 unspecified atom stereocenters. The Kier molecular flexibility index (Phi) is 6.49. The van der Waals surface area contributed by atoms with Crippen LogP contribution in [-0.4, -0.2) is 55.8 Å². The van der Waals surface area contributed by atoms with Crippen LogP contribution in [0.15, 0.2) is 29.2 Å². The minimum absolute atomic E-state index is 0.0313. The van der Waals surface area contributed by atoms with Crippen molar-refractivity contribution in [3.05, 3.63) is 29.8 Å². The maximum atomic E-state index is 12.7. The SMILES string of the molecule is O=C(CNS(=O)(=O)c1cccc(C(F)(F)F)c1)NCCN1C(=O)CSC1=O. The predicted molar refractivity (Wildman–Crippen MR) is 89.2 cm³/mol. The van der Waals surface area contributed by atoms with Gasteiger partial charge in [0, 0.05) is 13.1 Å². The van der Waals surface area contributed by atoms with E-state index in [-0.39, 0.29) is 24.7 Å². The van der Waals surface area contributed by atoms with Crippen LogP contribution < -0.4 is 10.0 Å². The molecule has 27 heavy (non-hydrogen) atoms. The molecule has 2 N–H and O–H groups in total. The van der Waals surface area contributed by atoms with Crippen LogP contribution in [0.25, 0.3) is 0 Å². The molecule has 13 heteroatoms. The van der Waals surface area contributed by atoms with Crippen LogP contribution >= 0.6 is 11.8 Å². The van der Waals surface area contributed by atoms with Crippen molar-refractivity contribution >= 4 is 38.8 Å². The molecule has 148 valence electrons. The molecule has 1 aromatic carbocycles. The summed E-state index contributed by atoms with van der Waals surface area (Å²) in [4.78, 5) is 34.7. The van der Waals surface area contributed by atoms with Crippen LogP contribution in [0.5, 0.6) is 0 Å². The van der Waals surface area contributed by atoms with E-state index in [1.807, 2.05) is 4.72 Å². The van der Waals surface area contributed by atoms with Gasteiger partial charge in [0.2, 0.25) is 21.8 Å². The quantitative estimate of drug-likeness (QED) is 0.668. The summed E-state index contributed by atoms with van der Waals surface area (Å²) in [5.41, 5.74) is -1.13. The van der Waals surface area contributed by atoms with Crippen molar-refractivity contribution in [1.82, 2.24) is 14.9 Å². The fourth-order valence-electron chi connectivity index (χ4n) is 2.05. The minimum Gasteiger partial charge on any atom is -0.353 e. The Morgan fingerprint density at radius 2 is 1.96 bits per heavy atom. The lowest BCUT2D eigenvalue weighted by Gasteiger charge is -2.13. The van der Waals surface area contributed by atoms with Crippen molar-refractivity contribution in [3.63, 3.8) is 0 Å². The van der Waals surface area contributed by atoms with Gasteiger partial charge in [-0.1, -0.05) is 17.8 Å². The molecular weight excluding hydrogens is 411 g/mol. The molecule has 8 nitrogen and oxygen atoms in total. The highest BCUT2D eigenvalue weighted by Gasteiger charge is 2.32. The number of thioether (sulfide) groups is 1. The first kappa shape index (κ1) is 21.2. The Morgan fingerprint density at radius 3 is 2.56 bits per heavy atom. The number of halogens is 3. The van der Waals surface area contributed by atoms with E-state index in [0.717, 1.165) is 34.9 Å². The molecule has 1 aliphatic rings. The Labute approximate surface area is 156 Å². The molecule has 0 saturated carbocycles. The molecule has 0 aliphatic carbocycles. The van der Waals surface area contributed by atoms with E-state index in [0.29, 0.717) is 6.07 Å². The number of sulfonamides is 1. The zero-order valence-electron chi connectivity index (χ0n) is 13.6. The van der Waals surface area contributed by atoms with Gasteiger partial charge in [-0.05, 0) is 18.2 Å². The number of rotatable bonds is 7. The first-order valence-electron chi connectivity index (χ1n) is 7.41. The lowest BCUT2D eigenvalue weighted by atomic mass is 10.2. The molecule has 1 saturated heterocycles. The molecular formula is C14H14F3N3O5S2. The number of hydrogen-bond donors (Lipinski definition) is 2. The number of benzene rings is 1. The van der Waals surface area contributed by atoms with E-state index in [4.69, 9.17) is 0 Å². The normalized spacial score (nSPS) is 15.3. The molecule has 2 rings (SSSR count). The summed E-state index contributed by atoms with van der Waals surface area (Å²) in [7, 11) is -4.33. The van der Waals surface area contributed by atoms with Crippen molar-refractivity contribution in [2.24, 2.45) is 0 Å². The number of nitrogens with one attached hydrogen (secondary N) is 2. The van der Waals surface area contributed by atoms with E-state index >= 15 is 0 Å². The molecule has 0 bridgehead atoms. The van der Waals surface area contributed by atoms with Crippen molar-refractivity contribution in [2.45, 2.75) is 11.1 Å². The molecule has 3 amide bonds. The van der Waals surface area contributed by atoms with E-state index < -0.39 is 44.3 Å². The zero-order chi connectivity index (χ0) is 20.2. The van der Waals surface area contributed by atoms with Gasteiger partial charge < -0.3 is 5.32 Å². The Hall–Kier alpha value is -2.12. The van der Waals surface area contributed by atoms with E-state index in [1.165, 1.54) is 0 Å². The number of nitrogens with zero attached hydrogens (tertiary/aromatic N) is 1. The molecule has 1 aliphatic heterocycles. The average molecular weight is 425 g/mol. The van der Waals surface area contributed by atoms with E-state index in [1.54, 1.807) is 0 Å². The van der Waals surface area contributed by atoms with E-state index in [2.05, 4.69) is 5.32 Å². The van der Waals surface area contributed by atoms with Crippen LogP contribution in [0.4, 0.5) is 18.0 Å². The van der Waals surface area contributed by atoms with Crippen LogP contribution in [0.3, 0.4) is 0 Å². The maximum absolute atomic E-state index is 12.7. The number of hydrogen-bond acceptors (Lipinski definition) is 6. The molecule has 0 atom stereocenters. The van der Waals surface area contributed by atoms with Crippen LogP contribution in [-0.2, 0) is 25.8 Å². The first-order valence-corrected chi connectivity index (χ1v) is 9.88. The van der Waals surface area contributed by atoms with E-state index in [9.17, 15) is 36.0 Å². The van der Waals surface area contributed by atoms with Crippen LogP contribution in [0, 0.1) is 0 Å². The van der Waals surface area contributed by atoms with Gasteiger partial charge in [-0.25, -0.2) is 13.1 Å². The average Bonchev–Trinajstić information content (AvgIpc) is 2.91. The topological polar surface area (TPSA) is 113 Å². The third-order valence-electron chi connectivity index (χ3n) is 3.39. The smallest absolute Gasteiger partial charge is 0.353 e. The number of alkyl halides is 3. The lowest BCUT2D eigenvalue weighted by Crippen LogP contribution is -2.41. The number of imide groups is 1. The third kappa shape index (κ3) is 5.68. The summed E-state index contributed by atoms with van der Waals surface area (Å²) < 4.78 is 63.9. The fourth-order valence-corrected chi connectivity index (χ4v) is 3.83. The first-order chi connectivity index (χ1) is 12.5. The highest BCUT2D eigenvalue weighted by Crippen LogP contribution is 2.30. The van der Waals surface area contributed by atoms with Gasteiger partial charge in [0.05, 0.1) is 22.8 Å². The highest BCUT2D eigenvalue weighted by molar-refractivity contribution is 8.14. The second-order valence-electron chi connectivity index (χ2n) is 5.30. The molecule has 0 aromatic heterocycles. The Morgan fingerprint density at radius 1 is 1.26 bits per heavy atom. The third-order valence-corrected chi connectivity index (χ3v) is 5.65. The van der Waals surface area contributed by atoms with Crippen LogP contribution in [0.1, 0.15) is 5.56 Å². The van der Waals surface area contributed by atoms with Crippen molar-refractivity contribution in [2.75, 3.05) is 25.4 Å². The van der Waals surface area contributed by atoms with Gasteiger partial charge in [-0.15, -0.1) is 0 Å². The molecule has 1 aromatic rings. The molecule has 0 radical (unpaired) electrons. The van der Waals surface area contributed by atoms with Crippen molar-refractivity contribution in [3.8, 4) is 0 Å². The van der Waals surface area contributed by atoms with Gasteiger partial charge >= 0.3 is 6.18 Å². The number of amides is 3. The summed E-state index contributed by atoms with van der Waals surface area (Å²) in [6, 6.07) is 3.10. The molecule has 0 spiro atoms. The Balaban J connectivity index is 1.87. The summed E-state index contributed by atoms with van der Waals surface area (Å²) in [5, 5.41) is 1.88. The second kappa shape index (κ2) is 8.27. The van der Waals surface area contributed by atoms with Gasteiger partial charge in [0.25, 0.3) is 5.24 Å². The zero-order valence-corrected chi connectivity index (χ0v) is 15.2. The summed E-state index contributed by atoms with van der Waals surface area (Å²) >= 11 is 0.839. The second-order valence-corrected chi connectivity index (χ2v) is 7.99. The summed E-state index contributed by atoms with van der Waals surface area (Å²) in [6.07, 6.45) is -4.70. The summed E-state index contributed by atoms with van der Waals surface area (Å²) in [5.74, 6) is -1.12. The van der Waals surface area contributed by atoms with Gasteiger partial charge in [0.15, 0.2) is 0 Å². The summed E-state index contributed by atoms with van der Waals surface area (Å²) in [6.45, 7) is -0.853. The Bertz CT molecular complexity index is 842. The predicted octanol–water partition coefficient (Wildman–Crippen LogP) is 0.795. The van der Waals surface area contributed by atoms with Crippen molar-refractivity contribution in [1.29, 1.82) is 0 Å². The number of carbonyl (C=O) groups is 3. The fraction of sp³-hybridized carbons (Fsp3) is 0.357. The monoisotopic (exact) mass is 425 g/mol. The van der Waals surface area contributed by atoms with Gasteiger partial charge in [0.1, 0.15) is 0 Å². The lowest BCUT2D eigenvalue weighted by molar-refractivity contribution is -0.137. The molecule has 1 heterocycles. The van der Waals surface area contributed by atoms with Gasteiger partial charge in [-0.2, -0.15) is 13.2 Å². The number of carbonyl (C=O) groups excluding carboxylic acids is 3. The standard InChI is InChI=1S/C14H14F3N3O5S2/c15-14(16,17)9-2-1-3-10(6-9)27(24,25)19-7-11(21)18-4-5-20-12(22)8-26-13(20)23/h1-3,6,19H,4-5,7-8H2,(H,18,21). The maximum Gasteiger partial charge on any atom is 0.416 e.